The molecule has 3 aromatic heterocycles. The third-order valence-corrected chi connectivity index (χ3v) is 3.97. The average Bonchev–Trinajstić information content (AvgIpc) is 2.97. The zero-order valence-corrected chi connectivity index (χ0v) is 13.2. The second-order valence-electron chi connectivity index (χ2n) is 5.45. The van der Waals surface area contributed by atoms with Gasteiger partial charge in [-0.25, -0.2) is 9.50 Å². The van der Waals surface area contributed by atoms with Gasteiger partial charge in [-0.1, -0.05) is 36.4 Å². The van der Waals surface area contributed by atoms with Crippen LogP contribution in [0.5, 0.6) is 0 Å². The van der Waals surface area contributed by atoms with Gasteiger partial charge in [0.15, 0.2) is 5.65 Å². The van der Waals surface area contributed by atoms with Crippen LogP contribution < -0.4 is 0 Å². The van der Waals surface area contributed by atoms with Gasteiger partial charge in [-0.15, -0.1) is 0 Å². The molecule has 0 aliphatic heterocycles. The normalized spacial score (nSPS) is 11.2. The monoisotopic (exact) mass is 320 g/mol. The second kappa shape index (κ2) is 5.18. The van der Waals surface area contributed by atoms with Gasteiger partial charge in [-0.05, 0) is 24.6 Å². The highest BCUT2D eigenvalue weighted by atomic mass is 35.5. The summed E-state index contributed by atoms with van der Waals surface area (Å²) in [6.45, 7) is 5.90. The van der Waals surface area contributed by atoms with E-state index in [1.807, 2.05) is 37.4 Å². The lowest BCUT2D eigenvalue weighted by Crippen LogP contribution is -1.98. The van der Waals surface area contributed by atoms with Gasteiger partial charge in [0.1, 0.15) is 5.15 Å². The van der Waals surface area contributed by atoms with E-state index in [1.165, 1.54) is 0 Å². The van der Waals surface area contributed by atoms with Crippen molar-refractivity contribution < 1.29 is 0 Å². The van der Waals surface area contributed by atoms with Gasteiger partial charge >= 0.3 is 0 Å². The maximum Gasteiger partial charge on any atom is 0.165 e. The van der Waals surface area contributed by atoms with Gasteiger partial charge in [-0.3, -0.25) is 4.98 Å². The first kappa shape index (κ1) is 13.9. The first-order valence-corrected chi connectivity index (χ1v) is 7.56. The quantitative estimate of drug-likeness (QED) is 0.506. The Hall–Kier alpha value is -2.72. The lowest BCUT2D eigenvalue weighted by molar-refractivity contribution is 0.920. The summed E-state index contributed by atoms with van der Waals surface area (Å²) < 4.78 is 1.76. The van der Waals surface area contributed by atoms with Crippen molar-refractivity contribution in [2.45, 2.75) is 6.92 Å². The summed E-state index contributed by atoms with van der Waals surface area (Å²) in [5.74, 6) is 0. The Morgan fingerprint density at radius 2 is 2.00 bits per heavy atom. The molecule has 0 N–H and O–H groups in total. The molecule has 0 radical (unpaired) electrons. The molecule has 0 aliphatic rings. The third-order valence-electron chi connectivity index (χ3n) is 3.78. The van der Waals surface area contributed by atoms with Crippen molar-refractivity contribution in [1.82, 2.24) is 19.6 Å². The van der Waals surface area contributed by atoms with Gasteiger partial charge in [-0.2, -0.15) is 5.10 Å². The molecule has 4 nitrogen and oxygen atoms in total. The molecule has 23 heavy (non-hydrogen) atoms. The van der Waals surface area contributed by atoms with Crippen LogP contribution in [-0.4, -0.2) is 19.6 Å². The van der Waals surface area contributed by atoms with Crippen molar-refractivity contribution in [3.63, 3.8) is 0 Å². The fourth-order valence-electron chi connectivity index (χ4n) is 2.66. The summed E-state index contributed by atoms with van der Waals surface area (Å²) >= 11 is 6.17. The topological polar surface area (TPSA) is 43.1 Å². The van der Waals surface area contributed by atoms with Gasteiger partial charge < -0.3 is 0 Å². The fraction of sp³-hybridized carbons (Fsp3) is 0.0556. The summed E-state index contributed by atoms with van der Waals surface area (Å²) in [4.78, 5) is 8.94. The average molecular weight is 321 g/mol. The predicted octanol–water partition coefficient (Wildman–Crippen LogP) is 4.63. The number of fused-ring (bicyclic) bond motifs is 2. The minimum absolute atomic E-state index is 0.422. The number of aromatic nitrogens is 4. The van der Waals surface area contributed by atoms with E-state index in [0.717, 1.165) is 33.3 Å². The van der Waals surface area contributed by atoms with Crippen LogP contribution in [-0.2, 0) is 0 Å². The van der Waals surface area contributed by atoms with E-state index < -0.39 is 0 Å². The van der Waals surface area contributed by atoms with E-state index >= 15 is 0 Å². The van der Waals surface area contributed by atoms with Gasteiger partial charge in [0.05, 0.1) is 17.4 Å². The number of benzene rings is 1. The molecule has 0 spiro atoms. The molecule has 1 aromatic carbocycles. The van der Waals surface area contributed by atoms with E-state index in [4.69, 9.17) is 11.6 Å². The molecule has 0 saturated carbocycles. The summed E-state index contributed by atoms with van der Waals surface area (Å²) in [5.41, 5.74) is 5.24. The minimum atomic E-state index is 0.422. The van der Waals surface area contributed by atoms with Crippen LogP contribution in [0.3, 0.4) is 0 Å². The number of pyridine rings is 1. The van der Waals surface area contributed by atoms with Gasteiger partial charge in [0.25, 0.3) is 0 Å². The highest BCUT2D eigenvalue weighted by Gasteiger charge is 2.13. The Balaban J connectivity index is 1.99. The molecule has 0 saturated heterocycles. The number of allylic oxidation sites excluding steroid dienone is 1. The predicted molar refractivity (Wildman–Crippen MR) is 93.4 cm³/mol. The van der Waals surface area contributed by atoms with Crippen LogP contribution in [0.4, 0.5) is 0 Å². The van der Waals surface area contributed by atoms with Crippen LogP contribution in [0.15, 0.2) is 55.4 Å². The van der Waals surface area contributed by atoms with Crippen molar-refractivity contribution >= 4 is 33.7 Å². The number of rotatable bonds is 2. The van der Waals surface area contributed by atoms with E-state index in [-0.39, 0.29) is 0 Å². The molecule has 0 unspecified atom stereocenters. The maximum atomic E-state index is 6.17. The molecular formula is C18H13ClN4. The van der Waals surface area contributed by atoms with Gasteiger partial charge in [0.2, 0.25) is 0 Å². The summed E-state index contributed by atoms with van der Waals surface area (Å²) in [7, 11) is 0. The SMILES string of the molecule is C=C(C)c1cc(Cl)nc2c(-c3cnc4ccccc4c3)cnn12. The fourth-order valence-corrected chi connectivity index (χ4v) is 2.84. The number of hydrogen-bond donors (Lipinski definition) is 0. The molecule has 4 rings (SSSR count). The molecular weight excluding hydrogens is 308 g/mol. The van der Waals surface area contributed by atoms with E-state index in [0.29, 0.717) is 10.8 Å². The van der Waals surface area contributed by atoms with Crippen molar-refractivity contribution in [3.8, 4) is 11.1 Å². The van der Waals surface area contributed by atoms with E-state index in [2.05, 4.69) is 27.7 Å². The molecule has 0 atom stereocenters. The van der Waals surface area contributed by atoms with Crippen LogP contribution in [0.2, 0.25) is 5.15 Å². The highest BCUT2D eigenvalue weighted by molar-refractivity contribution is 6.29. The number of hydrogen-bond acceptors (Lipinski definition) is 3. The van der Waals surface area contributed by atoms with E-state index in [1.54, 1.807) is 16.8 Å². The standard InChI is InChI=1S/C18H13ClN4/c1-11(2)16-8-17(19)22-18-14(10-21-23(16)18)13-7-12-5-3-4-6-15(12)20-9-13/h3-10H,1H2,2H3. The molecule has 112 valence electrons. The first-order chi connectivity index (χ1) is 11.1. The molecule has 0 fully saturated rings. The van der Waals surface area contributed by atoms with Crippen molar-refractivity contribution in [2.75, 3.05) is 0 Å². The van der Waals surface area contributed by atoms with Crippen LogP contribution in [0, 0.1) is 0 Å². The van der Waals surface area contributed by atoms with Crippen LogP contribution >= 0.6 is 11.6 Å². The summed E-state index contributed by atoms with van der Waals surface area (Å²) in [5, 5.41) is 5.94. The van der Waals surface area contributed by atoms with Gasteiger partial charge in [0, 0.05) is 28.8 Å². The molecule has 0 aliphatic carbocycles. The molecule has 4 aromatic rings. The molecule has 0 amide bonds. The minimum Gasteiger partial charge on any atom is -0.256 e. The summed E-state index contributed by atoms with van der Waals surface area (Å²) in [6.07, 6.45) is 3.62. The molecule has 5 heteroatoms. The maximum absolute atomic E-state index is 6.17. The third kappa shape index (κ3) is 2.28. The smallest absolute Gasteiger partial charge is 0.165 e. The van der Waals surface area contributed by atoms with Crippen LogP contribution in [0.25, 0.3) is 33.3 Å². The second-order valence-corrected chi connectivity index (χ2v) is 5.84. The number of para-hydroxylation sites is 1. The Bertz CT molecular complexity index is 1070. The van der Waals surface area contributed by atoms with Crippen molar-refractivity contribution in [1.29, 1.82) is 0 Å². The molecule has 3 heterocycles. The number of halogens is 1. The Kier molecular flexibility index (Phi) is 3.13. The van der Waals surface area contributed by atoms with E-state index in [9.17, 15) is 0 Å². The lowest BCUT2D eigenvalue weighted by Gasteiger charge is -2.06. The zero-order valence-electron chi connectivity index (χ0n) is 12.5. The van der Waals surface area contributed by atoms with Crippen molar-refractivity contribution in [2.24, 2.45) is 0 Å². The lowest BCUT2D eigenvalue weighted by atomic mass is 10.1. The number of nitrogens with zero attached hydrogens (tertiary/aromatic N) is 4. The molecule has 0 bridgehead atoms. The Labute approximate surface area is 138 Å². The zero-order chi connectivity index (χ0) is 16.0. The Morgan fingerprint density at radius 3 is 2.83 bits per heavy atom. The Morgan fingerprint density at radius 1 is 1.17 bits per heavy atom. The van der Waals surface area contributed by atoms with Crippen LogP contribution in [0.1, 0.15) is 12.6 Å². The highest BCUT2D eigenvalue weighted by Crippen LogP contribution is 2.28. The summed E-state index contributed by atoms with van der Waals surface area (Å²) in [6, 6.07) is 11.9. The largest absolute Gasteiger partial charge is 0.256 e. The van der Waals surface area contributed by atoms with Crippen molar-refractivity contribution in [3.05, 3.63) is 66.2 Å². The first-order valence-electron chi connectivity index (χ1n) is 7.19.